The average Bonchev–Trinajstić information content (AvgIpc) is 0.722. The molecular formula is H6KNaO4Ti. The molecule has 0 unspecified atom stereocenters. The molecule has 0 aromatic carbocycles. The molecule has 0 spiro atoms. The zero-order valence-electron chi connectivity index (χ0n) is 2.29. The van der Waals surface area contributed by atoms with E-state index in [1.54, 1.807) is 0 Å². The van der Waals surface area contributed by atoms with Crippen LogP contribution >= 0.6 is 0 Å². The molecule has 0 aliphatic heterocycles. The summed E-state index contributed by atoms with van der Waals surface area (Å²) in [4.78, 5) is 0. The van der Waals surface area contributed by atoms with Crippen LogP contribution in [0.4, 0.5) is 0 Å². The zero-order chi connectivity index (χ0) is 4.50. The Morgan fingerprint density at radius 2 is 0.857 bits per heavy atom. The van der Waals surface area contributed by atoms with E-state index in [4.69, 9.17) is 14.8 Å². The zero-order valence-corrected chi connectivity index (χ0v) is 3.85. The molecule has 0 radical (unpaired) electrons. The maximum atomic E-state index is 7.38. The van der Waals surface area contributed by atoms with E-state index in [-0.39, 0.29) is 80.9 Å². The second-order valence-corrected chi connectivity index (χ2v) is 2.47. The monoisotopic (exact) mass is 180 g/mol. The topological polar surface area (TPSA) is 80.9 Å². The van der Waals surface area contributed by atoms with E-state index in [1.807, 2.05) is 0 Å². The summed E-state index contributed by atoms with van der Waals surface area (Å²) in [5, 5.41) is 0. The molecule has 7 heteroatoms. The van der Waals surface area contributed by atoms with Crippen molar-refractivity contribution < 1.29 is 32.9 Å². The Balaban J connectivity index is -0.0000000800. The average molecular weight is 180 g/mol. The van der Waals surface area contributed by atoms with Crippen LogP contribution in [0.3, 0.4) is 0 Å². The van der Waals surface area contributed by atoms with Gasteiger partial charge in [-0.1, -0.05) is 0 Å². The third-order valence-electron chi connectivity index (χ3n) is 0. The van der Waals surface area contributed by atoms with Crippen LogP contribution in [0.5, 0.6) is 0 Å². The predicted octanol–water partition coefficient (Wildman–Crippen LogP) is -3.53. The molecular weight excluding hydrogens is 174 g/mol. The molecule has 0 atom stereocenters. The molecule has 0 aliphatic carbocycles. The van der Waals surface area contributed by atoms with Crippen LogP contribution in [-0.2, 0) is 18.1 Å². The molecule has 0 saturated carbocycles. The van der Waals surface area contributed by atoms with Gasteiger partial charge in [-0.15, -0.1) is 0 Å². The fourth-order valence-corrected chi connectivity index (χ4v) is 0. The van der Waals surface area contributed by atoms with Crippen LogP contribution in [0, 0.1) is 0 Å². The van der Waals surface area contributed by atoms with Crippen molar-refractivity contribution in [3.8, 4) is 0 Å². The SMILES string of the molecule is [KH].[NaH].[OH][Ti]([OH])([OH])[OH]. The molecule has 0 bridgehead atoms. The molecule has 0 saturated heterocycles. The quantitative estimate of drug-likeness (QED) is 0.291. The van der Waals surface area contributed by atoms with E-state index in [0.717, 1.165) is 0 Å². The van der Waals surface area contributed by atoms with Gasteiger partial charge in [-0.05, 0) is 0 Å². The van der Waals surface area contributed by atoms with Gasteiger partial charge in [-0.2, -0.15) is 0 Å². The Hall–Kier alpha value is 3.19. The minimum absolute atomic E-state index is 0. The van der Waals surface area contributed by atoms with Crippen molar-refractivity contribution in [3.63, 3.8) is 0 Å². The van der Waals surface area contributed by atoms with Gasteiger partial charge < -0.3 is 0 Å². The van der Waals surface area contributed by atoms with E-state index < -0.39 is 18.1 Å². The van der Waals surface area contributed by atoms with Crippen molar-refractivity contribution in [1.82, 2.24) is 0 Å². The van der Waals surface area contributed by atoms with Gasteiger partial charge in [0.05, 0.1) is 0 Å². The van der Waals surface area contributed by atoms with Crippen LogP contribution in [0.1, 0.15) is 0 Å². The van der Waals surface area contributed by atoms with Crippen molar-refractivity contribution in [3.05, 3.63) is 0 Å². The van der Waals surface area contributed by atoms with Crippen LogP contribution in [0.2, 0.25) is 0 Å². The van der Waals surface area contributed by atoms with Crippen molar-refractivity contribution in [2.24, 2.45) is 0 Å². The van der Waals surface area contributed by atoms with Crippen molar-refractivity contribution in [2.45, 2.75) is 0 Å². The molecule has 0 aliphatic rings. The molecule has 36 valence electrons. The molecule has 0 rings (SSSR count). The van der Waals surface area contributed by atoms with E-state index in [9.17, 15) is 0 Å². The van der Waals surface area contributed by atoms with Gasteiger partial charge in [-0.25, -0.2) is 0 Å². The molecule has 4 N–H and O–H groups in total. The van der Waals surface area contributed by atoms with Crippen LogP contribution < -0.4 is 0 Å². The summed E-state index contributed by atoms with van der Waals surface area (Å²) < 4.78 is 29.5. The second-order valence-electron chi connectivity index (χ2n) is 0.600. The van der Waals surface area contributed by atoms with Gasteiger partial charge in [0.15, 0.2) is 0 Å². The molecule has 0 aromatic rings. The van der Waals surface area contributed by atoms with Crippen molar-refractivity contribution >= 4 is 80.9 Å². The summed E-state index contributed by atoms with van der Waals surface area (Å²) in [7, 11) is 0. The van der Waals surface area contributed by atoms with Gasteiger partial charge in [0.2, 0.25) is 0 Å². The van der Waals surface area contributed by atoms with Gasteiger partial charge >= 0.3 is 114 Å². The normalized spacial score (nSPS) is 8.57. The number of rotatable bonds is 0. The first-order chi connectivity index (χ1) is 2.00. The Kier molecular flexibility index (Phi) is 17.4. The molecule has 0 heterocycles. The van der Waals surface area contributed by atoms with E-state index >= 15 is 0 Å². The molecule has 0 aromatic heterocycles. The third kappa shape index (κ3) is 46.7. The second kappa shape index (κ2) is 7.30. The standard InChI is InChI=1S/K.Na.4H2O.Ti.2H/h;;4*1H2;;;/q;;;;;;+4;;/p-4. The maximum absolute atomic E-state index is 7.38. The van der Waals surface area contributed by atoms with Crippen molar-refractivity contribution in [1.29, 1.82) is 0 Å². The van der Waals surface area contributed by atoms with Crippen LogP contribution in [-0.4, -0.2) is 95.7 Å². The summed E-state index contributed by atoms with van der Waals surface area (Å²) in [5.74, 6) is 0. The van der Waals surface area contributed by atoms with Gasteiger partial charge in [-0.3, -0.25) is 0 Å². The van der Waals surface area contributed by atoms with Gasteiger partial charge in [0, 0.05) is 0 Å². The minimum atomic E-state index is -5.00. The number of hydrogen-bond acceptors (Lipinski definition) is 4. The Labute approximate surface area is 111 Å². The fraction of sp³-hybridized carbons (Fsp3) is 0. The molecule has 0 amide bonds. The first-order valence-corrected chi connectivity index (χ1v) is 3.69. The fourth-order valence-electron chi connectivity index (χ4n) is 0. The van der Waals surface area contributed by atoms with E-state index in [0.29, 0.717) is 0 Å². The Morgan fingerprint density at radius 3 is 0.857 bits per heavy atom. The number of hydrogen-bond donors (Lipinski definition) is 4. The molecule has 7 heavy (non-hydrogen) atoms. The van der Waals surface area contributed by atoms with Crippen LogP contribution in [0.15, 0.2) is 0 Å². The van der Waals surface area contributed by atoms with Crippen LogP contribution in [0.25, 0.3) is 0 Å². The Bertz CT molecular complexity index is 27.2. The van der Waals surface area contributed by atoms with Gasteiger partial charge in [0.1, 0.15) is 0 Å². The van der Waals surface area contributed by atoms with Gasteiger partial charge in [0.25, 0.3) is 0 Å². The summed E-state index contributed by atoms with van der Waals surface area (Å²) in [6, 6.07) is 0. The summed E-state index contributed by atoms with van der Waals surface area (Å²) in [5.41, 5.74) is 0. The predicted molar refractivity (Wildman–Crippen MR) is 23.2 cm³/mol. The Morgan fingerprint density at radius 1 is 0.857 bits per heavy atom. The molecule has 4 nitrogen and oxygen atoms in total. The molecule has 0 fully saturated rings. The first-order valence-electron chi connectivity index (χ1n) is 0.894. The van der Waals surface area contributed by atoms with E-state index in [1.165, 1.54) is 0 Å². The summed E-state index contributed by atoms with van der Waals surface area (Å²) in [6.07, 6.45) is 0. The summed E-state index contributed by atoms with van der Waals surface area (Å²) in [6.45, 7) is 0. The summed E-state index contributed by atoms with van der Waals surface area (Å²) >= 11 is -5.00. The van der Waals surface area contributed by atoms with E-state index in [2.05, 4.69) is 0 Å². The third-order valence-corrected chi connectivity index (χ3v) is 0. The first kappa shape index (κ1) is 16.6. The van der Waals surface area contributed by atoms with Crippen molar-refractivity contribution in [2.75, 3.05) is 0 Å².